The number of nitrogens with one attached hydrogen (secondary N) is 2. The highest BCUT2D eigenvalue weighted by Crippen LogP contribution is 2.28. The molecule has 4 aromatic carbocycles. The number of hydrogen-bond donors (Lipinski definition) is 2. The average Bonchev–Trinajstić information content (AvgIpc) is 3.61. The monoisotopic (exact) mass is 584 g/mol. The Morgan fingerprint density at radius 2 is 1.80 bits per heavy atom. The van der Waals surface area contributed by atoms with Crippen LogP contribution in [0.4, 0.5) is 5.69 Å². The number of thioether (sulfide) groups is 1. The molecule has 1 aliphatic heterocycles. The molecule has 7 nitrogen and oxygen atoms in total. The van der Waals surface area contributed by atoms with Crippen LogP contribution < -0.4 is 20.1 Å². The zero-order valence-electron chi connectivity index (χ0n) is 22.5. The number of fused-ring (bicyclic) bond motifs is 1. The van der Waals surface area contributed by atoms with Gasteiger partial charge in [0.15, 0.2) is 0 Å². The number of nitrogens with zero attached hydrogens (tertiary/aromatic N) is 2. The number of aryl methyl sites for hydroxylation is 1. The summed E-state index contributed by atoms with van der Waals surface area (Å²) in [6.07, 6.45) is 1.07. The Bertz CT molecular complexity index is 1670. The highest BCUT2D eigenvalue weighted by molar-refractivity contribution is 8.00. The number of aromatic nitrogens is 2. The summed E-state index contributed by atoms with van der Waals surface area (Å²) in [5.74, 6) is 3.81. The van der Waals surface area contributed by atoms with Gasteiger partial charge in [0.25, 0.3) is 5.91 Å². The van der Waals surface area contributed by atoms with Gasteiger partial charge < -0.3 is 24.7 Å². The summed E-state index contributed by atoms with van der Waals surface area (Å²) in [4.78, 5) is 17.2. The van der Waals surface area contributed by atoms with Crippen molar-refractivity contribution in [1.82, 2.24) is 14.9 Å². The lowest BCUT2D eigenvalue weighted by Gasteiger charge is -2.10. The van der Waals surface area contributed by atoms with Crippen molar-refractivity contribution in [3.8, 4) is 17.2 Å². The summed E-state index contributed by atoms with van der Waals surface area (Å²) in [6, 6.07) is 28.2. The van der Waals surface area contributed by atoms with Crippen LogP contribution in [-0.4, -0.2) is 33.1 Å². The molecule has 0 saturated carbocycles. The van der Waals surface area contributed by atoms with E-state index in [1.807, 2.05) is 65.8 Å². The van der Waals surface area contributed by atoms with Crippen molar-refractivity contribution >= 4 is 46.0 Å². The fraction of sp³-hybridized carbons (Fsp3) is 0.188. The first-order valence-corrected chi connectivity index (χ1v) is 14.8. The Balaban J connectivity index is 1.07. The molecule has 208 valence electrons. The zero-order valence-corrected chi connectivity index (χ0v) is 24.0. The molecule has 1 aliphatic rings. The minimum absolute atomic E-state index is 0.226. The standard InChI is InChI=1S/C32H29ClN4O3S/c1-37-30-17-27(40-26-11-7-24(8-12-26)35-32(38)22-3-2-4-23(33)16-22)13-14-29(30)36-31(37)19-39-25-9-5-21(6-10-25)15-28-18-34-20-41-28/h2-14,16-17,28,34H,15,18-20H2,1H3,(H,35,38). The smallest absolute Gasteiger partial charge is 0.255 e. The van der Waals surface area contributed by atoms with Gasteiger partial charge in [-0.05, 0) is 78.7 Å². The van der Waals surface area contributed by atoms with Gasteiger partial charge in [-0.3, -0.25) is 4.79 Å². The first-order valence-electron chi connectivity index (χ1n) is 13.3. The SMILES string of the molecule is Cn1c(COc2ccc(CC3CNCS3)cc2)nc2ccc(Oc3ccc(NC(=O)c4cccc(Cl)c4)cc3)cc21. The molecule has 1 aromatic heterocycles. The van der Waals surface area contributed by atoms with E-state index in [1.54, 1.807) is 36.4 Å². The van der Waals surface area contributed by atoms with Gasteiger partial charge in [0.05, 0.1) is 11.0 Å². The Morgan fingerprint density at radius 3 is 2.56 bits per heavy atom. The van der Waals surface area contributed by atoms with E-state index in [9.17, 15) is 4.79 Å². The molecule has 5 aromatic rings. The van der Waals surface area contributed by atoms with E-state index in [-0.39, 0.29) is 5.91 Å². The van der Waals surface area contributed by atoms with E-state index in [2.05, 4.69) is 22.8 Å². The van der Waals surface area contributed by atoms with Gasteiger partial charge >= 0.3 is 0 Å². The third-order valence-electron chi connectivity index (χ3n) is 6.93. The Kier molecular flexibility index (Phi) is 8.14. The van der Waals surface area contributed by atoms with Crippen LogP contribution in [0.3, 0.4) is 0 Å². The summed E-state index contributed by atoms with van der Waals surface area (Å²) in [5, 5.41) is 7.42. The second kappa shape index (κ2) is 12.3. The molecule has 6 rings (SSSR count). The molecule has 2 heterocycles. The lowest BCUT2D eigenvalue weighted by Crippen LogP contribution is -2.14. The van der Waals surface area contributed by atoms with Crippen LogP contribution in [0, 0.1) is 0 Å². The number of carbonyl (C=O) groups excluding carboxylic acids is 1. The lowest BCUT2D eigenvalue weighted by atomic mass is 10.1. The third-order valence-corrected chi connectivity index (χ3v) is 8.34. The maximum Gasteiger partial charge on any atom is 0.255 e. The molecule has 2 N–H and O–H groups in total. The van der Waals surface area contributed by atoms with Crippen molar-refractivity contribution in [3.63, 3.8) is 0 Å². The van der Waals surface area contributed by atoms with E-state index in [0.29, 0.717) is 39.6 Å². The molecule has 0 radical (unpaired) electrons. The average molecular weight is 585 g/mol. The summed E-state index contributed by atoms with van der Waals surface area (Å²) >= 11 is 7.97. The molecular weight excluding hydrogens is 556 g/mol. The third kappa shape index (κ3) is 6.68. The van der Waals surface area contributed by atoms with Gasteiger partial charge in [-0.2, -0.15) is 0 Å². The maximum absolute atomic E-state index is 12.5. The number of ether oxygens (including phenoxy) is 2. The van der Waals surface area contributed by atoms with Gasteiger partial charge in [0.2, 0.25) is 0 Å². The quantitative estimate of drug-likeness (QED) is 0.193. The zero-order chi connectivity index (χ0) is 28.2. The van der Waals surface area contributed by atoms with Crippen LogP contribution >= 0.6 is 23.4 Å². The van der Waals surface area contributed by atoms with Gasteiger partial charge in [-0.25, -0.2) is 4.98 Å². The minimum atomic E-state index is -0.226. The summed E-state index contributed by atoms with van der Waals surface area (Å²) in [6.45, 7) is 1.44. The number of rotatable bonds is 9. The topological polar surface area (TPSA) is 77.4 Å². The molecule has 1 unspecified atom stereocenters. The van der Waals surface area contributed by atoms with Crippen molar-refractivity contribution in [2.75, 3.05) is 17.7 Å². The number of carbonyl (C=O) groups is 1. The Labute approximate surface area is 247 Å². The fourth-order valence-corrected chi connectivity index (χ4v) is 5.91. The van der Waals surface area contributed by atoms with E-state index in [0.717, 1.165) is 41.4 Å². The van der Waals surface area contributed by atoms with Gasteiger partial charge in [-0.15, -0.1) is 11.8 Å². The number of benzene rings is 4. The minimum Gasteiger partial charge on any atom is -0.486 e. The van der Waals surface area contributed by atoms with Gasteiger partial charge in [0.1, 0.15) is 29.7 Å². The number of hydrogen-bond acceptors (Lipinski definition) is 6. The number of imidazole rings is 1. The first-order chi connectivity index (χ1) is 20.0. The predicted octanol–water partition coefficient (Wildman–Crippen LogP) is 7.06. The van der Waals surface area contributed by atoms with Gasteiger partial charge in [-0.1, -0.05) is 29.8 Å². The van der Waals surface area contributed by atoms with E-state index >= 15 is 0 Å². The number of amides is 1. The largest absolute Gasteiger partial charge is 0.486 e. The van der Waals surface area contributed by atoms with Crippen LogP contribution in [0.25, 0.3) is 11.0 Å². The van der Waals surface area contributed by atoms with Crippen molar-refractivity contribution in [1.29, 1.82) is 0 Å². The molecule has 1 atom stereocenters. The molecule has 9 heteroatoms. The normalized spacial score (nSPS) is 14.7. The molecular formula is C32H29ClN4O3S. The highest BCUT2D eigenvalue weighted by atomic mass is 35.5. The number of halogens is 1. The molecule has 1 fully saturated rings. The van der Waals surface area contributed by atoms with Crippen LogP contribution in [0.1, 0.15) is 21.7 Å². The second-order valence-electron chi connectivity index (χ2n) is 9.85. The van der Waals surface area contributed by atoms with Crippen molar-refractivity contribution in [2.24, 2.45) is 7.05 Å². The first kappa shape index (κ1) is 27.2. The van der Waals surface area contributed by atoms with Crippen LogP contribution in [0.5, 0.6) is 17.2 Å². The summed E-state index contributed by atoms with van der Waals surface area (Å²) in [7, 11) is 1.98. The summed E-state index contributed by atoms with van der Waals surface area (Å²) < 4.78 is 14.2. The molecule has 0 aliphatic carbocycles. The number of anilines is 1. The van der Waals surface area contributed by atoms with Crippen LogP contribution in [-0.2, 0) is 20.1 Å². The van der Waals surface area contributed by atoms with Crippen molar-refractivity contribution in [3.05, 3.63) is 113 Å². The predicted molar refractivity (Wildman–Crippen MR) is 165 cm³/mol. The van der Waals surface area contributed by atoms with Crippen molar-refractivity contribution < 1.29 is 14.3 Å². The molecule has 41 heavy (non-hydrogen) atoms. The molecule has 1 amide bonds. The van der Waals surface area contributed by atoms with E-state index < -0.39 is 0 Å². The Morgan fingerprint density at radius 1 is 1.02 bits per heavy atom. The maximum atomic E-state index is 12.5. The van der Waals surface area contributed by atoms with Crippen molar-refractivity contribution in [2.45, 2.75) is 18.3 Å². The van der Waals surface area contributed by atoms with E-state index in [1.165, 1.54) is 5.56 Å². The summed E-state index contributed by atoms with van der Waals surface area (Å²) in [5.41, 5.74) is 4.30. The van der Waals surface area contributed by atoms with Crippen LogP contribution in [0.15, 0.2) is 91.0 Å². The van der Waals surface area contributed by atoms with Gasteiger partial charge in [0, 0.05) is 47.1 Å². The molecule has 0 bridgehead atoms. The molecule has 1 saturated heterocycles. The lowest BCUT2D eigenvalue weighted by molar-refractivity contribution is 0.102. The van der Waals surface area contributed by atoms with E-state index in [4.69, 9.17) is 26.1 Å². The fourth-order valence-electron chi connectivity index (χ4n) is 4.71. The Hall–Kier alpha value is -3.98. The highest BCUT2D eigenvalue weighted by Gasteiger charge is 2.15. The second-order valence-corrected chi connectivity index (χ2v) is 11.6. The molecule has 0 spiro atoms. The van der Waals surface area contributed by atoms with Crippen LogP contribution in [0.2, 0.25) is 5.02 Å².